The van der Waals surface area contributed by atoms with Crippen LogP contribution in [0.3, 0.4) is 0 Å². The number of aryl methyl sites for hydroxylation is 1. The number of aromatic nitrogens is 1. The van der Waals surface area contributed by atoms with Crippen molar-refractivity contribution in [1.82, 2.24) is 10.3 Å². The van der Waals surface area contributed by atoms with Crippen LogP contribution >= 0.6 is 0 Å². The zero-order chi connectivity index (χ0) is 18.4. The minimum atomic E-state index is -1.35. The first-order valence-electron chi connectivity index (χ1n) is 8.29. The third-order valence-electron chi connectivity index (χ3n) is 3.84. The normalized spacial score (nSPS) is 11.9. The molecular formula is C20H20N2O3S. The highest BCUT2D eigenvalue weighted by Crippen LogP contribution is 2.22. The van der Waals surface area contributed by atoms with Crippen molar-refractivity contribution < 1.29 is 13.8 Å². The lowest BCUT2D eigenvalue weighted by atomic mass is 10.2. The molecule has 1 heterocycles. The fourth-order valence-electron chi connectivity index (χ4n) is 2.46. The molecule has 5 nitrogen and oxygen atoms in total. The van der Waals surface area contributed by atoms with Crippen LogP contribution in [0.15, 0.2) is 65.1 Å². The van der Waals surface area contributed by atoms with E-state index in [-0.39, 0.29) is 17.4 Å². The monoisotopic (exact) mass is 368 g/mol. The summed E-state index contributed by atoms with van der Waals surface area (Å²) in [5, 5.41) is 2.79. The Labute approximate surface area is 155 Å². The summed E-state index contributed by atoms with van der Waals surface area (Å²) >= 11 is -1.35. The van der Waals surface area contributed by atoms with Crippen molar-refractivity contribution in [2.45, 2.75) is 19.2 Å². The lowest BCUT2D eigenvalue weighted by Crippen LogP contribution is -2.30. The van der Waals surface area contributed by atoms with Gasteiger partial charge in [-0.15, -0.1) is 0 Å². The van der Waals surface area contributed by atoms with E-state index in [1.54, 1.807) is 6.92 Å². The predicted molar refractivity (Wildman–Crippen MR) is 102 cm³/mol. The molecular weight excluding hydrogens is 348 g/mol. The van der Waals surface area contributed by atoms with Gasteiger partial charge in [-0.2, -0.15) is 0 Å². The second kappa shape index (κ2) is 8.69. The van der Waals surface area contributed by atoms with Crippen LogP contribution in [0.5, 0.6) is 0 Å². The minimum Gasteiger partial charge on any atom is -0.616 e. The zero-order valence-corrected chi connectivity index (χ0v) is 15.3. The standard InChI is InChI=1S/C20H20N2O3S/c1-15-18(22-20(25-15)17-10-6-3-7-11-17)13-26(24)14-19(23)21-12-16-8-4-2-5-9-16/h2-11H,12-14H2,1H3,(H,21,23). The number of benzene rings is 2. The Kier molecular flexibility index (Phi) is 6.09. The summed E-state index contributed by atoms with van der Waals surface area (Å²) in [6.07, 6.45) is 0. The van der Waals surface area contributed by atoms with Crippen LogP contribution in [0.2, 0.25) is 0 Å². The molecule has 1 amide bonds. The molecule has 0 bridgehead atoms. The Balaban J connectivity index is 1.54. The van der Waals surface area contributed by atoms with Gasteiger partial charge in [0.1, 0.15) is 11.5 Å². The number of carbonyl (C=O) groups is 1. The number of nitrogens with zero attached hydrogens (tertiary/aromatic N) is 1. The molecule has 1 atom stereocenters. The maximum atomic E-state index is 12.3. The van der Waals surface area contributed by atoms with Crippen molar-refractivity contribution in [3.63, 3.8) is 0 Å². The number of hydrogen-bond donors (Lipinski definition) is 1. The Morgan fingerprint density at radius 3 is 2.46 bits per heavy atom. The van der Waals surface area contributed by atoms with Crippen LogP contribution < -0.4 is 5.32 Å². The lowest BCUT2D eigenvalue weighted by Gasteiger charge is -2.10. The second-order valence-electron chi connectivity index (χ2n) is 5.88. The predicted octanol–water partition coefficient (Wildman–Crippen LogP) is 3.22. The molecule has 6 heteroatoms. The third kappa shape index (κ3) is 4.97. The number of hydrogen-bond acceptors (Lipinski definition) is 4. The molecule has 134 valence electrons. The van der Waals surface area contributed by atoms with Gasteiger partial charge in [0.25, 0.3) is 5.91 Å². The summed E-state index contributed by atoms with van der Waals surface area (Å²) in [7, 11) is 0. The van der Waals surface area contributed by atoms with E-state index in [2.05, 4.69) is 10.3 Å². The van der Waals surface area contributed by atoms with E-state index >= 15 is 0 Å². The smallest absolute Gasteiger partial charge is 0.270 e. The molecule has 2 aromatic carbocycles. The van der Waals surface area contributed by atoms with Crippen LogP contribution in [0.25, 0.3) is 11.5 Å². The van der Waals surface area contributed by atoms with Gasteiger partial charge in [-0.1, -0.05) is 48.5 Å². The summed E-state index contributed by atoms with van der Waals surface area (Å²) in [5.74, 6) is 1.03. The highest BCUT2D eigenvalue weighted by Gasteiger charge is 2.19. The molecule has 0 aliphatic heterocycles. The zero-order valence-electron chi connectivity index (χ0n) is 14.5. The average molecular weight is 368 g/mol. The van der Waals surface area contributed by atoms with Crippen molar-refractivity contribution in [2.75, 3.05) is 5.75 Å². The summed E-state index contributed by atoms with van der Waals surface area (Å²) < 4.78 is 18.0. The Morgan fingerprint density at radius 1 is 1.12 bits per heavy atom. The van der Waals surface area contributed by atoms with Gasteiger partial charge < -0.3 is 14.3 Å². The number of amides is 1. The molecule has 26 heavy (non-hydrogen) atoms. The number of oxazole rings is 1. The molecule has 0 spiro atoms. The van der Waals surface area contributed by atoms with E-state index < -0.39 is 11.2 Å². The van der Waals surface area contributed by atoms with Gasteiger partial charge in [0.15, 0.2) is 11.5 Å². The third-order valence-corrected chi connectivity index (χ3v) is 5.02. The topological polar surface area (TPSA) is 78.2 Å². The molecule has 1 unspecified atom stereocenters. The molecule has 0 saturated carbocycles. The molecule has 1 aromatic heterocycles. The van der Waals surface area contributed by atoms with Crippen molar-refractivity contribution in [3.8, 4) is 11.5 Å². The van der Waals surface area contributed by atoms with Gasteiger partial charge in [-0.3, -0.25) is 4.79 Å². The first-order chi connectivity index (χ1) is 12.6. The van der Waals surface area contributed by atoms with Gasteiger partial charge in [-0.05, 0) is 35.8 Å². The van der Waals surface area contributed by atoms with Crippen molar-refractivity contribution >= 4 is 17.1 Å². The maximum absolute atomic E-state index is 12.3. The van der Waals surface area contributed by atoms with Gasteiger partial charge in [-0.25, -0.2) is 4.98 Å². The van der Waals surface area contributed by atoms with Crippen LogP contribution in [0, 0.1) is 6.92 Å². The van der Waals surface area contributed by atoms with Gasteiger partial charge >= 0.3 is 0 Å². The summed E-state index contributed by atoms with van der Waals surface area (Å²) in [4.78, 5) is 16.4. The van der Waals surface area contributed by atoms with Crippen molar-refractivity contribution in [3.05, 3.63) is 77.7 Å². The SMILES string of the molecule is Cc1oc(-c2ccccc2)nc1C[S+]([O-])CC(=O)NCc1ccccc1. The molecule has 0 saturated heterocycles. The van der Waals surface area contributed by atoms with Gasteiger partial charge in [0.2, 0.25) is 5.89 Å². The fraction of sp³-hybridized carbons (Fsp3) is 0.200. The maximum Gasteiger partial charge on any atom is 0.270 e. The quantitative estimate of drug-likeness (QED) is 0.650. The van der Waals surface area contributed by atoms with Gasteiger partial charge in [0.05, 0.1) is 0 Å². The Bertz CT molecular complexity index is 850. The minimum absolute atomic E-state index is 0.0558. The largest absolute Gasteiger partial charge is 0.616 e. The van der Waals surface area contributed by atoms with Crippen molar-refractivity contribution in [2.24, 2.45) is 0 Å². The van der Waals surface area contributed by atoms with E-state index in [0.29, 0.717) is 23.9 Å². The van der Waals surface area contributed by atoms with E-state index in [0.717, 1.165) is 11.1 Å². The second-order valence-corrected chi connectivity index (χ2v) is 7.34. The van der Waals surface area contributed by atoms with E-state index in [4.69, 9.17) is 4.42 Å². The first-order valence-corrected chi connectivity index (χ1v) is 9.78. The lowest BCUT2D eigenvalue weighted by molar-refractivity contribution is -0.118. The molecule has 0 radical (unpaired) electrons. The first kappa shape index (κ1) is 18.2. The summed E-state index contributed by atoms with van der Waals surface area (Å²) in [5.41, 5.74) is 2.50. The highest BCUT2D eigenvalue weighted by molar-refractivity contribution is 7.91. The van der Waals surface area contributed by atoms with E-state index in [9.17, 15) is 9.35 Å². The van der Waals surface area contributed by atoms with Crippen LogP contribution in [0.1, 0.15) is 17.0 Å². The van der Waals surface area contributed by atoms with Crippen LogP contribution in [-0.2, 0) is 28.3 Å². The molecule has 0 fully saturated rings. The fourth-order valence-corrected chi connectivity index (χ4v) is 3.53. The Hall–Kier alpha value is -2.57. The molecule has 3 rings (SSSR count). The Morgan fingerprint density at radius 2 is 1.77 bits per heavy atom. The molecule has 3 aromatic rings. The average Bonchev–Trinajstić information content (AvgIpc) is 3.02. The van der Waals surface area contributed by atoms with E-state index in [1.165, 1.54) is 0 Å². The number of carbonyl (C=O) groups excluding carboxylic acids is 1. The van der Waals surface area contributed by atoms with Crippen molar-refractivity contribution in [1.29, 1.82) is 0 Å². The van der Waals surface area contributed by atoms with Crippen LogP contribution in [0.4, 0.5) is 0 Å². The molecule has 0 aliphatic rings. The summed E-state index contributed by atoms with van der Waals surface area (Å²) in [6, 6.07) is 19.2. The summed E-state index contributed by atoms with van der Waals surface area (Å²) in [6.45, 7) is 2.22. The van der Waals surface area contributed by atoms with Gasteiger partial charge in [0, 0.05) is 12.1 Å². The van der Waals surface area contributed by atoms with E-state index in [1.807, 2.05) is 60.7 Å². The molecule has 1 N–H and O–H groups in total. The number of rotatable bonds is 7. The highest BCUT2D eigenvalue weighted by atomic mass is 32.2. The molecule has 0 aliphatic carbocycles. The number of nitrogens with one attached hydrogen (secondary N) is 1. The van der Waals surface area contributed by atoms with Crippen LogP contribution in [-0.4, -0.2) is 21.2 Å².